The molecule has 1 heterocycles. The van der Waals surface area contributed by atoms with Gasteiger partial charge in [0.05, 0.1) is 28.9 Å². The molecule has 2 atom stereocenters. The van der Waals surface area contributed by atoms with Gasteiger partial charge in [0.2, 0.25) is 5.96 Å². The van der Waals surface area contributed by atoms with Crippen LogP contribution in [0.15, 0.2) is 36.0 Å². The lowest BCUT2D eigenvalue weighted by Gasteiger charge is -2.25. The van der Waals surface area contributed by atoms with Gasteiger partial charge in [0.1, 0.15) is 16.7 Å². The number of aliphatic hydroxyl groups is 1. The molecule has 2 rings (SSSR count). The number of aromatic nitrogens is 1. The first-order chi connectivity index (χ1) is 16.0. The van der Waals surface area contributed by atoms with Crippen molar-refractivity contribution in [2.45, 2.75) is 51.4 Å². The number of nitrogens with zero attached hydrogens (tertiary/aromatic N) is 2. The Balaban J connectivity index is 2.18. The number of guanidine groups is 1. The van der Waals surface area contributed by atoms with Gasteiger partial charge in [-0.05, 0) is 51.8 Å². The number of nitrogens with one attached hydrogen (secondary N) is 3. The Bertz CT molecular complexity index is 1030. The summed E-state index contributed by atoms with van der Waals surface area (Å²) in [6.07, 6.45) is 0.575. The van der Waals surface area contributed by atoms with Crippen molar-refractivity contribution in [1.29, 1.82) is 0 Å². The summed E-state index contributed by atoms with van der Waals surface area (Å²) >= 11 is 1.23. The summed E-state index contributed by atoms with van der Waals surface area (Å²) in [4.78, 5) is 32.9. The van der Waals surface area contributed by atoms with Gasteiger partial charge in [-0.15, -0.1) is 11.3 Å². The molecule has 0 aliphatic heterocycles. The molecule has 1 aromatic carbocycles. The largest absolute Gasteiger partial charge is 0.465 e. The lowest BCUT2D eigenvalue weighted by Crippen LogP contribution is -2.42. The number of rotatable bonds is 10. The fourth-order valence-electron chi connectivity index (χ4n) is 2.93. The number of alkyl carbamates (subject to hydrolysis) is 1. The number of fused-ring (bicyclic) bond motifs is 1. The highest BCUT2D eigenvalue weighted by Gasteiger charge is 2.28. The molecule has 2 aromatic rings. The molecule has 0 spiro atoms. The molecular formula is C22H32N6O5S. The predicted octanol–water partition coefficient (Wildman–Crippen LogP) is 2.34. The number of carbonyl (C=O) groups is 2. The first-order valence-corrected chi connectivity index (χ1v) is 11.4. The lowest BCUT2D eigenvalue weighted by atomic mass is 10.1. The van der Waals surface area contributed by atoms with E-state index in [1.807, 2.05) is 0 Å². The number of aliphatic hydroxyl groups excluding tert-OH is 1. The van der Waals surface area contributed by atoms with E-state index in [1.54, 1.807) is 39.0 Å². The van der Waals surface area contributed by atoms with Crippen LogP contribution in [0.2, 0.25) is 0 Å². The average Bonchev–Trinajstić information content (AvgIpc) is 3.20. The zero-order chi connectivity index (χ0) is 25.3. The third-order valence-electron chi connectivity index (χ3n) is 4.42. The number of hydrogen-bond acceptors (Lipinski definition) is 9. The number of benzene rings is 1. The van der Waals surface area contributed by atoms with Gasteiger partial charge in [0.15, 0.2) is 0 Å². The van der Waals surface area contributed by atoms with Crippen LogP contribution in [0.25, 0.3) is 10.2 Å². The number of ether oxygens (including phenoxy) is 2. The predicted molar refractivity (Wildman–Crippen MR) is 131 cm³/mol. The number of methoxy groups -OCH3 is 1. The van der Waals surface area contributed by atoms with Crippen molar-refractivity contribution in [1.82, 2.24) is 21.2 Å². The van der Waals surface area contributed by atoms with Crippen LogP contribution in [0, 0.1) is 0 Å². The van der Waals surface area contributed by atoms with Crippen LogP contribution in [0.3, 0.4) is 0 Å². The van der Waals surface area contributed by atoms with E-state index in [2.05, 4.69) is 32.7 Å². The minimum absolute atomic E-state index is 0.185. The van der Waals surface area contributed by atoms with Gasteiger partial charge in [0.25, 0.3) is 0 Å². The molecular weight excluding hydrogens is 460 g/mol. The second-order valence-electron chi connectivity index (χ2n) is 8.31. The molecule has 0 aliphatic rings. The number of amides is 1. The Morgan fingerprint density at radius 1 is 1.38 bits per heavy atom. The molecule has 0 radical (unpaired) electrons. The van der Waals surface area contributed by atoms with E-state index in [-0.39, 0.29) is 5.96 Å². The molecule has 6 N–H and O–H groups in total. The molecule has 34 heavy (non-hydrogen) atoms. The van der Waals surface area contributed by atoms with Gasteiger partial charge >= 0.3 is 12.1 Å². The zero-order valence-corrected chi connectivity index (χ0v) is 20.6. The highest BCUT2D eigenvalue weighted by Crippen LogP contribution is 2.30. The van der Waals surface area contributed by atoms with Gasteiger partial charge in [-0.25, -0.2) is 14.6 Å². The van der Waals surface area contributed by atoms with Crippen molar-refractivity contribution in [2.75, 3.05) is 13.7 Å². The van der Waals surface area contributed by atoms with E-state index in [9.17, 15) is 14.7 Å². The van der Waals surface area contributed by atoms with Crippen molar-refractivity contribution < 1.29 is 24.2 Å². The second-order valence-corrected chi connectivity index (χ2v) is 9.37. The minimum Gasteiger partial charge on any atom is -0.465 e. The molecule has 1 amide bonds. The molecule has 0 saturated heterocycles. The van der Waals surface area contributed by atoms with E-state index < -0.39 is 29.8 Å². The van der Waals surface area contributed by atoms with Crippen molar-refractivity contribution in [3.05, 3.63) is 41.5 Å². The van der Waals surface area contributed by atoms with Crippen LogP contribution in [-0.2, 0) is 9.47 Å². The molecule has 0 saturated carbocycles. The van der Waals surface area contributed by atoms with Gasteiger partial charge in [0, 0.05) is 12.7 Å². The maximum atomic E-state index is 12.4. The standard InChI is InChI=1S/C22H32N6O5S/c1-6-25-28-20(23)24-11-7-8-15(27-21(31)33-22(2,3)4)17(29)18-26-14-10-9-13(19(30)32-5)12-16(14)34-18/h6,9-10,12,15,17,25,29H,1,7-8,11H2,2-5H3,(H,27,31)(H3,23,24,28)/t15-,17?/m0/s1. The molecule has 11 nitrogen and oxygen atoms in total. The summed E-state index contributed by atoms with van der Waals surface area (Å²) in [7, 11) is 1.31. The summed E-state index contributed by atoms with van der Waals surface area (Å²) in [5.74, 6) is -0.274. The second kappa shape index (κ2) is 12.2. The van der Waals surface area contributed by atoms with Gasteiger partial charge < -0.3 is 31.1 Å². The lowest BCUT2D eigenvalue weighted by molar-refractivity contribution is 0.0412. The first kappa shape index (κ1) is 26.9. The van der Waals surface area contributed by atoms with Crippen molar-refractivity contribution >= 4 is 39.6 Å². The van der Waals surface area contributed by atoms with Gasteiger partial charge in [-0.1, -0.05) is 6.58 Å². The van der Waals surface area contributed by atoms with Gasteiger partial charge in [-0.2, -0.15) is 0 Å². The summed E-state index contributed by atoms with van der Waals surface area (Å²) in [6, 6.07) is 4.27. The summed E-state index contributed by atoms with van der Waals surface area (Å²) in [5.41, 5.74) is 11.3. The molecule has 12 heteroatoms. The van der Waals surface area contributed by atoms with Crippen LogP contribution in [0.1, 0.15) is 55.1 Å². The Morgan fingerprint density at radius 3 is 2.76 bits per heavy atom. The topological polar surface area (TPSA) is 160 Å². The quantitative estimate of drug-likeness (QED) is 0.110. The molecule has 0 bridgehead atoms. The van der Waals surface area contributed by atoms with Crippen molar-refractivity contribution in [2.24, 2.45) is 10.7 Å². The number of thiazole rings is 1. The SMILES string of the molecule is C=CNNC(N)=NCCC[C@H](NC(=O)OC(C)(C)C)C(O)c1nc2ccc(C(=O)OC)cc2s1. The third kappa shape index (κ3) is 8.19. The summed E-state index contributed by atoms with van der Waals surface area (Å²) < 4.78 is 10.8. The minimum atomic E-state index is -1.10. The van der Waals surface area contributed by atoms with E-state index in [4.69, 9.17) is 15.2 Å². The monoisotopic (exact) mass is 492 g/mol. The van der Waals surface area contributed by atoms with Crippen LogP contribution in [0.5, 0.6) is 0 Å². The molecule has 186 valence electrons. The Labute approximate surface area is 202 Å². The van der Waals surface area contributed by atoms with Crippen molar-refractivity contribution in [3.8, 4) is 0 Å². The zero-order valence-electron chi connectivity index (χ0n) is 19.8. The first-order valence-electron chi connectivity index (χ1n) is 10.6. The smallest absolute Gasteiger partial charge is 0.407 e. The molecule has 1 aromatic heterocycles. The van der Waals surface area contributed by atoms with Crippen LogP contribution in [-0.4, -0.2) is 53.4 Å². The number of esters is 1. The van der Waals surface area contributed by atoms with Gasteiger partial charge in [-0.3, -0.25) is 10.4 Å². The highest BCUT2D eigenvalue weighted by molar-refractivity contribution is 7.18. The Morgan fingerprint density at radius 2 is 2.12 bits per heavy atom. The Hall–Kier alpha value is -3.38. The molecule has 1 unspecified atom stereocenters. The Kier molecular flexibility index (Phi) is 9.63. The number of hydrazine groups is 1. The third-order valence-corrected chi connectivity index (χ3v) is 5.51. The number of nitrogens with two attached hydrogens (primary N) is 1. The number of carbonyl (C=O) groups excluding carboxylic acids is 2. The van der Waals surface area contributed by atoms with Crippen LogP contribution >= 0.6 is 11.3 Å². The highest BCUT2D eigenvalue weighted by atomic mass is 32.1. The maximum Gasteiger partial charge on any atom is 0.407 e. The fourth-order valence-corrected chi connectivity index (χ4v) is 3.99. The van der Waals surface area contributed by atoms with E-state index in [1.165, 1.54) is 24.6 Å². The van der Waals surface area contributed by atoms with Crippen molar-refractivity contribution in [3.63, 3.8) is 0 Å². The van der Waals surface area contributed by atoms with Crippen LogP contribution < -0.4 is 21.9 Å². The molecule has 0 fully saturated rings. The van der Waals surface area contributed by atoms with E-state index in [0.29, 0.717) is 40.2 Å². The number of hydrogen-bond donors (Lipinski definition) is 5. The maximum absolute atomic E-state index is 12.4. The molecule has 0 aliphatic carbocycles. The summed E-state index contributed by atoms with van der Waals surface area (Å²) in [6.45, 7) is 9.12. The van der Waals surface area contributed by atoms with Crippen LogP contribution in [0.4, 0.5) is 4.79 Å². The normalized spacial score (nSPS) is 13.6. The summed E-state index contributed by atoms with van der Waals surface area (Å²) in [5, 5.41) is 14.2. The number of aliphatic imine (C=N–C) groups is 1. The van der Waals surface area contributed by atoms with E-state index in [0.717, 1.165) is 0 Å². The fraction of sp³-hybridized carbons (Fsp3) is 0.455. The average molecular weight is 493 g/mol. The van der Waals surface area contributed by atoms with E-state index >= 15 is 0 Å².